The van der Waals surface area contributed by atoms with E-state index in [2.05, 4.69) is 66.8 Å². The molecular formula is C23H26N2. The molecule has 2 heteroatoms. The van der Waals surface area contributed by atoms with E-state index in [1.807, 2.05) is 0 Å². The lowest BCUT2D eigenvalue weighted by Gasteiger charge is -2.22. The minimum absolute atomic E-state index is 0.856. The molecule has 0 unspecified atom stereocenters. The number of fused-ring (bicyclic) bond motifs is 1. The Hall–Kier alpha value is -2.19. The van der Waals surface area contributed by atoms with Gasteiger partial charge in [0.05, 0.1) is 11.2 Å². The highest BCUT2D eigenvalue weighted by Gasteiger charge is 2.14. The molecule has 0 bridgehead atoms. The summed E-state index contributed by atoms with van der Waals surface area (Å²) in [6, 6.07) is 19.5. The number of benzene rings is 2. The van der Waals surface area contributed by atoms with E-state index in [9.17, 15) is 0 Å². The predicted octanol–water partition coefficient (Wildman–Crippen LogP) is 5.14. The summed E-state index contributed by atoms with van der Waals surface area (Å²) in [4.78, 5) is 4.93. The zero-order valence-corrected chi connectivity index (χ0v) is 15.0. The molecule has 0 amide bonds. The van der Waals surface area contributed by atoms with Crippen molar-refractivity contribution >= 4 is 10.9 Å². The normalized spacial score (nSPS) is 15.6. The summed E-state index contributed by atoms with van der Waals surface area (Å²) in [5, 5.41) is 4.80. The van der Waals surface area contributed by atoms with Crippen molar-refractivity contribution in [3.05, 3.63) is 65.7 Å². The molecule has 1 aromatic heterocycles. The van der Waals surface area contributed by atoms with Gasteiger partial charge in [-0.25, -0.2) is 4.98 Å². The zero-order valence-electron chi connectivity index (χ0n) is 15.0. The maximum Gasteiger partial charge on any atom is 0.0712 e. The number of rotatable bonds is 4. The van der Waals surface area contributed by atoms with Crippen molar-refractivity contribution in [2.45, 2.75) is 32.6 Å². The zero-order chi connectivity index (χ0) is 17.1. The number of hydrogen-bond acceptors (Lipinski definition) is 2. The highest BCUT2D eigenvalue weighted by molar-refractivity contribution is 5.85. The van der Waals surface area contributed by atoms with E-state index in [0.29, 0.717) is 0 Å². The smallest absolute Gasteiger partial charge is 0.0712 e. The number of hydrogen-bond donors (Lipinski definition) is 1. The molecular weight excluding hydrogens is 304 g/mol. The topological polar surface area (TPSA) is 24.9 Å². The third kappa shape index (κ3) is 3.74. The molecule has 1 aliphatic heterocycles. The van der Waals surface area contributed by atoms with Gasteiger partial charge in [0.2, 0.25) is 0 Å². The minimum atomic E-state index is 0.856. The molecule has 2 aromatic carbocycles. The van der Waals surface area contributed by atoms with Crippen LogP contribution in [0.5, 0.6) is 0 Å². The second kappa shape index (κ2) is 7.37. The first-order valence-corrected chi connectivity index (χ1v) is 9.46. The van der Waals surface area contributed by atoms with Crippen LogP contribution in [0.4, 0.5) is 0 Å². The Morgan fingerprint density at radius 2 is 1.80 bits per heavy atom. The number of pyridine rings is 1. The molecule has 2 nitrogen and oxygen atoms in total. The van der Waals surface area contributed by atoms with Crippen molar-refractivity contribution in [2.75, 3.05) is 13.1 Å². The molecule has 1 fully saturated rings. The average molecular weight is 330 g/mol. The van der Waals surface area contributed by atoms with E-state index in [1.165, 1.54) is 54.4 Å². The van der Waals surface area contributed by atoms with E-state index < -0.39 is 0 Å². The Labute approximate surface area is 150 Å². The van der Waals surface area contributed by atoms with Crippen LogP contribution in [-0.4, -0.2) is 18.1 Å². The lowest BCUT2D eigenvalue weighted by Crippen LogP contribution is -2.27. The monoisotopic (exact) mass is 330 g/mol. The van der Waals surface area contributed by atoms with E-state index in [0.717, 1.165) is 23.5 Å². The van der Waals surface area contributed by atoms with Gasteiger partial charge in [-0.05, 0) is 75.4 Å². The quantitative estimate of drug-likeness (QED) is 0.716. The first-order valence-electron chi connectivity index (χ1n) is 9.46. The van der Waals surface area contributed by atoms with Crippen molar-refractivity contribution in [3.8, 4) is 11.3 Å². The molecule has 0 spiro atoms. The van der Waals surface area contributed by atoms with Gasteiger partial charge in [-0.15, -0.1) is 0 Å². The molecule has 0 aliphatic carbocycles. The fraction of sp³-hybridized carbons (Fsp3) is 0.348. The second-order valence-electron chi connectivity index (χ2n) is 7.29. The lowest BCUT2D eigenvalue weighted by atomic mass is 9.90. The number of aromatic nitrogens is 1. The van der Waals surface area contributed by atoms with Crippen molar-refractivity contribution in [2.24, 2.45) is 5.92 Å². The first-order chi connectivity index (χ1) is 12.3. The molecule has 128 valence electrons. The fourth-order valence-electron chi connectivity index (χ4n) is 3.90. The summed E-state index contributed by atoms with van der Waals surface area (Å²) < 4.78 is 0. The molecule has 1 N–H and O–H groups in total. The third-order valence-electron chi connectivity index (χ3n) is 5.40. The van der Waals surface area contributed by atoms with Crippen LogP contribution >= 0.6 is 0 Å². The van der Waals surface area contributed by atoms with Crippen LogP contribution in [0.1, 0.15) is 30.4 Å². The van der Waals surface area contributed by atoms with Gasteiger partial charge in [0.15, 0.2) is 0 Å². The Morgan fingerprint density at radius 1 is 1.00 bits per heavy atom. The maximum absolute atomic E-state index is 4.93. The number of piperidine rings is 1. The predicted molar refractivity (Wildman–Crippen MR) is 106 cm³/mol. The fourth-order valence-corrected chi connectivity index (χ4v) is 3.90. The van der Waals surface area contributed by atoms with Crippen LogP contribution in [0.15, 0.2) is 54.6 Å². The van der Waals surface area contributed by atoms with Crippen LogP contribution in [0.25, 0.3) is 22.2 Å². The van der Waals surface area contributed by atoms with Crippen LogP contribution in [0.2, 0.25) is 0 Å². The number of nitrogens with zero attached hydrogens (tertiary/aromatic N) is 1. The maximum atomic E-state index is 4.93. The lowest BCUT2D eigenvalue weighted by molar-refractivity contribution is 0.354. The SMILES string of the molecule is Cc1ccc2nc(-c3ccccc3)cc(CCC3CCNCC3)c2c1. The molecule has 0 atom stereocenters. The number of nitrogens with one attached hydrogen (secondary N) is 1. The molecule has 3 aromatic rings. The van der Waals surface area contributed by atoms with Crippen molar-refractivity contribution < 1.29 is 0 Å². The van der Waals surface area contributed by atoms with Crippen molar-refractivity contribution in [1.82, 2.24) is 10.3 Å². The van der Waals surface area contributed by atoms with Crippen molar-refractivity contribution in [3.63, 3.8) is 0 Å². The molecule has 25 heavy (non-hydrogen) atoms. The molecule has 1 saturated heterocycles. The summed E-state index contributed by atoms with van der Waals surface area (Å²) in [7, 11) is 0. The van der Waals surface area contributed by atoms with Gasteiger partial charge < -0.3 is 5.32 Å². The minimum Gasteiger partial charge on any atom is -0.317 e. The van der Waals surface area contributed by atoms with E-state index in [4.69, 9.17) is 4.98 Å². The summed E-state index contributed by atoms with van der Waals surface area (Å²) in [6.07, 6.45) is 5.05. The van der Waals surface area contributed by atoms with Crippen molar-refractivity contribution in [1.29, 1.82) is 0 Å². The Morgan fingerprint density at radius 3 is 2.60 bits per heavy atom. The summed E-state index contributed by atoms with van der Waals surface area (Å²) in [5.74, 6) is 0.856. The van der Waals surface area contributed by atoms with Gasteiger partial charge in [0.1, 0.15) is 0 Å². The summed E-state index contributed by atoms with van der Waals surface area (Å²) >= 11 is 0. The molecule has 0 radical (unpaired) electrons. The molecule has 2 heterocycles. The van der Waals surface area contributed by atoms with Gasteiger partial charge in [-0.1, -0.05) is 42.0 Å². The van der Waals surface area contributed by atoms with Gasteiger partial charge in [-0.2, -0.15) is 0 Å². The standard InChI is InChI=1S/C23H26N2/c1-17-7-10-22-21(15-17)20(9-8-18-11-13-24-14-12-18)16-23(25-22)19-5-3-2-4-6-19/h2-7,10,15-16,18,24H,8-9,11-14H2,1H3. The van der Waals surface area contributed by atoms with Crippen LogP contribution in [0.3, 0.4) is 0 Å². The summed E-state index contributed by atoms with van der Waals surface area (Å²) in [5.41, 5.74) is 6.17. The number of aryl methyl sites for hydroxylation is 2. The molecule has 1 aliphatic rings. The molecule has 0 saturated carbocycles. The van der Waals surface area contributed by atoms with Gasteiger partial charge in [0, 0.05) is 10.9 Å². The largest absolute Gasteiger partial charge is 0.317 e. The van der Waals surface area contributed by atoms with Crippen LogP contribution in [-0.2, 0) is 6.42 Å². The Kier molecular flexibility index (Phi) is 4.80. The van der Waals surface area contributed by atoms with Gasteiger partial charge in [-0.3, -0.25) is 0 Å². The Bertz CT molecular complexity index is 849. The highest BCUT2D eigenvalue weighted by atomic mass is 14.9. The third-order valence-corrected chi connectivity index (χ3v) is 5.40. The van der Waals surface area contributed by atoms with E-state index in [1.54, 1.807) is 0 Å². The van der Waals surface area contributed by atoms with Gasteiger partial charge in [0.25, 0.3) is 0 Å². The average Bonchev–Trinajstić information content (AvgIpc) is 2.67. The van der Waals surface area contributed by atoms with Crippen LogP contribution in [0, 0.1) is 12.8 Å². The first kappa shape index (κ1) is 16.3. The van der Waals surface area contributed by atoms with Crippen LogP contribution < -0.4 is 5.32 Å². The summed E-state index contributed by atoms with van der Waals surface area (Å²) in [6.45, 7) is 4.52. The van der Waals surface area contributed by atoms with Gasteiger partial charge >= 0.3 is 0 Å². The second-order valence-corrected chi connectivity index (χ2v) is 7.29. The van der Waals surface area contributed by atoms with E-state index in [-0.39, 0.29) is 0 Å². The Balaban J connectivity index is 1.70. The molecule has 4 rings (SSSR count). The highest BCUT2D eigenvalue weighted by Crippen LogP contribution is 2.28. The van der Waals surface area contributed by atoms with E-state index >= 15 is 0 Å².